The van der Waals surface area contributed by atoms with Crippen LogP contribution in [-0.2, 0) is 10.2 Å². The minimum atomic E-state index is -3.27. The summed E-state index contributed by atoms with van der Waals surface area (Å²) < 4.78 is 26.1. The van der Waals surface area contributed by atoms with Crippen LogP contribution in [0.25, 0.3) is 0 Å². The van der Waals surface area contributed by atoms with E-state index in [-0.39, 0.29) is 5.91 Å². The van der Waals surface area contributed by atoms with Crippen LogP contribution in [0.3, 0.4) is 0 Å². The summed E-state index contributed by atoms with van der Waals surface area (Å²) in [6, 6.07) is 9.31. The Bertz CT molecular complexity index is 456. The third-order valence-corrected chi connectivity index (χ3v) is 3.96. The largest absolute Gasteiger partial charge is 0.390 e. The summed E-state index contributed by atoms with van der Waals surface area (Å²) >= 11 is 0. The van der Waals surface area contributed by atoms with Gasteiger partial charge in [0.2, 0.25) is 5.91 Å². The number of amides is 1. The van der Waals surface area contributed by atoms with Crippen molar-refractivity contribution in [2.45, 2.75) is 37.0 Å². The second-order valence-electron chi connectivity index (χ2n) is 5.35. The van der Waals surface area contributed by atoms with Crippen LogP contribution in [0.15, 0.2) is 30.3 Å². The topological polar surface area (TPSA) is 49.3 Å². The van der Waals surface area contributed by atoms with Crippen LogP contribution < -0.4 is 5.32 Å². The van der Waals surface area contributed by atoms with Crippen molar-refractivity contribution in [3.63, 3.8) is 0 Å². The number of hydrogen-bond donors (Lipinski definition) is 2. The van der Waals surface area contributed by atoms with Crippen LogP contribution in [0, 0.1) is 0 Å². The molecule has 0 spiro atoms. The van der Waals surface area contributed by atoms with Crippen LogP contribution in [-0.4, -0.2) is 30.1 Å². The number of rotatable bonds is 5. The highest BCUT2D eigenvalue weighted by Gasteiger charge is 2.43. The SMILES string of the molecule is O=C(NCC(F)(F)CO)C1(c2ccccc2)CCCC1. The van der Waals surface area contributed by atoms with Crippen molar-refractivity contribution in [3.05, 3.63) is 35.9 Å². The molecule has 0 aliphatic heterocycles. The molecule has 0 saturated heterocycles. The molecule has 1 aliphatic rings. The first-order valence-corrected chi connectivity index (χ1v) is 6.83. The van der Waals surface area contributed by atoms with Crippen LogP contribution >= 0.6 is 0 Å². The van der Waals surface area contributed by atoms with Gasteiger partial charge in [-0.1, -0.05) is 43.2 Å². The normalized spacial score (nSPS) is 17.9. The van der Waals surface area contributed by atoms with Gasteiger partial charge >= 0.3 is 0 Å². The zero-order valence-corrected chi connectivity index (χ0v) is 11.2. The second kappa shape index (κ2) is 5.87. The van der Waals surface area contributed by atoms with Crippen LogP contribution in [0.4, 0.5) is 8.78 Å². The van der Waals surface area contributed by atoms with Gasteiger partial charge in [-0.15, -0.1) is 0 Å². The molecular formula is C15H19F2NO2. The number of aliphatic hydroxyl groups excluding tert-OH is 1. The van der Waals surface area contributed by atoms with Gasteiger partial charge in [0.15, 0.2) is 0 Å². The maximum absolute atomic E-state index is 13.1. The molecule has 1 saturated carbocycles. The predicted molar refractivity (Wildman–Crippen MR) is 71.6 cm³/mol. The molecule has 0 heterocycles. The molecule has 0 unspecified atom stereocenters. The average molecular weight is 283 g/mol. The quantitative estimate of drug-likeness (QED) is 0.870. The molecule has 0 atom stereocenters. The minimum Gasteiger partial charge on any atom is -0.390 e. The Morgan fingerprint density at radius 1 is 1.25 bits per heavy atom. The van der Waals surface area contributed by atoms with E-state index in [1.165, 1.54) is 0 Å². The fraction of sp³-hybridized carbons (Fsp3) is 0.533. The molecule has 3 nitrogen and oxygen atoms in total. The fourth-order valence-corrected chi connectivity index (χ4v) is 2.82. The summed E-state index contributed by atoms with van der Waals surface area (Å²) in [5, 5.41) is 10.9. The first-order valence-electron chi connectivity index (χ1n) is 6.83. The van der Waals surface area contributed by atoms with Gasteiger partial charge in [0.1, 0.15) is 6.61 Å². The van der Waals surface area contributed by atoms with Gasteiger partial charge in [-0.25, -0.2) is 8.78 Å². The first kappa shape index (κ1) is 14.9. The van der Waals surface area contributed by atoms with E-state index >= 15 is 0 Å². The summed E-state index contributed by atoms with van der Waals surface area (Å²) in [4.78, 5) is 12.4. The van der Waals surface area contributed by atoms with E-state index in [1.807, 2.05) is 30.3 Å². The van der Waals surface area contributed by atoms with Gasteiger partial charge in [0.25, 0.3) is 5.92 Å². The number of nitrogens with one attached hydrogen (secondary N) is 1. The molecule has 2 N–H and O–H groups in total. The van der Waals surface area contributed by atoms with Gasteiger partial charge in [0.05, 0.1) is 12.0 Å². The number of aliphatic hydroxyl groups is 1. The van der Waals surface area contributed by atoms with Crippen LogP contribution in [0.5, 0.6) is 0 Å². The average Bonchev–Trinajstić information content (AvgIpc) is 2.97. The van der Waals surface area contributed by atoms with Crippen LogP contribution in [0.1, 0.15) is 31.2 Å². The van der Waals surface area contributed by atoms with Gasteiger partial charge in [0, 0.05) is 0 Å². The van der Waals surface area contributed by atoms with Crippen molar-refractivity contribution in [3.8, 4) is 0 Å². The third-order valence-electron chi connectivity index (χ3n) is 3.96. The van der Waals surface area contributed by atoms with Crippen LogP contribution in [0.2, 0.25) is 0 Å². The zero-order valence-electron chi connectivity index (χ0n) is 11.2. The third kappa shape index (κ3) is 2.98. The van der Waals surface area contributed by atoms with Crippen molar-refractivity contribution < 1.29 is 18.7 Å². The number of halogens is 2. The lowest BCUT2D eigenvalue weighted by Crippen LogP contribution is -2.47. The van der Waals surface area contributed by atoms with Crippen molar-refractivity contribution in [2.24, 2.45) is 0 Å². The monoisotopic (exact) mass is 283 g/mol. The molecule has 1 amide bonds. The van der Waals surface area contributed by atoms with E-state index in [1.54, 1.807) is 0 Å². The Morgan fingerprint density at radius 2 is 1.85 bits per heavy atom. The van der Waals surface area contributed by atoms with E-state index < -0.39 is 24.5 Å². The van der Waals surface area contributed by atoms with Gasteiger partial charge in [-0.05, 0) is 18.4 Å². The molecule has 2 rings (SSSR count). The number of hydrogen-bond acceptors (Lipinski definition) is 2. The van der Waals surface area contributed by atoms with Crippen molar-refractivity contribution >= 4 is 5.91 Å². The lowest BCUT2D eigenvalue weighted by Gasteiger charge is -2.29. The highest BCUT2D eigenvalue weighted by Crippen LogP contribution is 2.41. The summed E-state index contributed by atoms with van der Waals surface area (Å²) in [5.74, 6) is -3.64. The predicted octanol–water partition coefficient (Wildman–Crippen LogP) is 2.24. The first-order chi connectivity index (χ1) is 9.50. The summed E-state index contributed by atoms with van der Waals surface area (Å²) in [7, 11) is 0. The number of benzene rings is 1. The Hall–Kier alpha value is -1.49. The molecule has 1 aliphatic carbocycles. The van der Waals surface area contributed by atoms with Crippen molar-refractivity contribution in [1.82, 2.24) is 5.32 Å². The fourth-order valence-electron chi connectivity index (χ4n) is 2.82. The van der Waals surface area contributed by atoms with E-state index in [0.717, 1.165) is 18.4 Å². The Kier molecular flexibility index (Phi) is 4.38. The maximum atomic E-state index is 13.1. The highest BCUT2D eigenvalue weighted by atomic mass is 19.3. The zero-order chi connectivity index (χ0) is 14.6. The molecule has 20 heavy (non-hydrogen) atoms. The summed E-state index contributed by atoms with van der Waals surface area (Å²) in [6.07, 6.45) is 3.18. The molecular weight excluding hydrogens is 264 g/mol. The summed E-state index contributed by atoms with van der Waals surface area (Å²) in [5.41, 5.74) is 0.176. The maximum Gasteiger partial charge on any atom is 0.287 e. The van der Waals surface area contributed by atoms with E-state index in [2.05, 4.69) is 5.32 Å². The second-order valence-corrected chi connectivity index (χ2v) is 5.35. The standard InChI is InChI=1S/C15H19F2NO2/c16-15(17,11-19)10-18-13(20)14(8-4-5-9-14)12-6-2-1-3-7-12/h1-3,6-7,19H,4-5,8-11H2,(H,18,20). The molecule has 1 aromatic rings. The molecule has 1 aromatic carbocycles. The molecule has 1 fully saturated rings. The van der Waals surface area contributed by atoms with Gasteiger partial charge in [-0.3, -0.25) is 4.79 Å². The van der Waals surface area contributed by atoms with Gasteiger partial charge in [-0.2, -0.15) is 0 Å². The molecule has 5 heteroatoms. The number of alkyl halides is 2. The lowest BCUT2D eigenvalue weighted by molar-refractivity contribution is -0.129. The number of carbonyl (C=O) groups excluding carboxylic acids is 1. The Morgan fingerprint density at radius 3 is 2.40 bits per heavy atom. The Labute approximate surface area is 117 Å². The lowest BCUT2D eigenvalue weighted by atomic mass is 9.78. The smallest absolute Gasteiger partial charge is 0.287 e. The molecule has 110 valence electrons. The Balaban J connectivity index is 2.15. The van der Waals surface area contributed by atoms with E-state index in [0.29, 0.717) is 12.8 Å². The summed E-state index contributed by atoms with van der Waals surface area (Å²) in [6.45, 7) is -2.08. The molecule has 0 radical (unpaired) electrons. The van der Waals surface area contributed by atoms with Crippen molar-refractivity contribution in [1.29, 1.82) is 0 Å². The van der Waals surface area contributed by atoms with E-state index in [4.69, 9.17) is 5.11 Å². The van der Waals surface area contributed by atoms with E-state index in [9.17, 15) is 13.6 Å². The number of carbonyl (C=O) groups is 1. The van der Waals surface area contributed by atoms with Crippen molar-refractivity contribution in [2.75, 3.05) is 13.2 Å². The molecule has 0 aromatic heterocycles. The highest BCUT2D eigenvalue weighted by molar-refractivity contribution is 5.88. The minimum absolute atomic E-state index is 0.366. The molecule has 0 bridgehead atoms. The van der Waals surface area contributed by atoms with Gasteiger partial charge < -0.3 is 10.4 Å².